The maximum Gasteiger partial charge on any atom is 0.151 e. The van der Waals surface area contributed by atoms with Crippen molar-refractivity contribution in [3.8, 4) is 0 Å². The van der Waals surface area contributed by atoms with Gasteiger partial charge in [-0.3, -0.25) is 4.21 Å². The maximum absolute atomic E-state index is 10.3. The summed E-state index contributed by atoms with van der Waals surface area (Å²) in [5, 5.41) is 0.330. The van der Waals surface area contributed by atoms with E-state index in [2.05, 4.69) is 9.97 Å². The van der Waals surface area contributed by atoms with E-state index in [4.69, 9.17) is 23.2 Å². The molecule has 0 aliphatic rings. The van der Waals surface area contributed by atoms with E-state index in [-0.39, 0.29) is 21.8 Å². The highest BCUT2D eigenvalue weighted by molar-refractivity contribution is 7.78. The lowest BCUT2D eigenvalue weighted by molar-refractivity contribution is 0.535. The molecular weight excluding hydrogens is 235 g/mol. The predicted molar refractivity (Wildman–Crippen MR) is 49.4 cm³/mol. The molecule has 1 unspecified atom stereocenters. The highest BCUT2D eigenvalue weighted by Crippen LogP contribution is 2.21. The summed E-state index contributed by atoms with van der Waals surface area (Å²) in [6.45, 7) is 1.63. The van der Waals surface area contributed by atoms with Gasteiger partial charge in [-0.1, -0.05) is 23.2 Å². The average molecular weight is 240 g/mol. The van der Waals surface area contributed by atoms with E-state index in [9.17, 15) is 8.76 Å². The minimum Gasteiger partial charge on any atom is -0.772 e. The minimum atomic E-state index is -2.22. The Morgan fingerprint density at radius 2 is 2.08 bits per heavy atom. The van der Waals surface area contributed by atoms with Gasteiger partial charge in [-0.05, 0) is 18.0 Å². The first-order chi connectivity index (χ1) is 6.00. The minimum absolute atomic E-state index is 0.0783. The zero-order chi connectivity index (χ0) is 10.0. The summed E-state index contributed by atoms with van der Waals surface area (Å²) in [4.78, 5) is 7.56. The first-order valence-corrected chi connectivity index (χ1v) is 5.25. The Morgan fingerprint density at radius 1 is 1.46 bits per heavy atom. The molecule has 4 nitrogen and oxygen atoms in total. The van der Waals surface area contributed by atoms with Crippen LogP contribution in [0.5, 0.6) is 0 Å². The lowest BCUT2D eigenvalue weighted by Gasteiger charge is -2.06. The van der Waals surface area contributed by atoms with Crippen molar-refractivity contribution in [1.82, 2.24) is 9.97 Å². The van der Waals surface area contributed by atoms with Gasteiger partial charge >= 0.3 is 0 Å². The predicted octanol–water partition coefficient (Wildman–Crippen LogP) is 1.47. The molecule has 0 N–H and O–H groups in total. The molecule has 0 fully saturated rings. The third-order valence-electron chi connectivity index (χ3n) is 1.27. The molecule has 0 aliphatic heterocycles. The molecule has 0 radical (unpaired) electrons. The quantitative estimate of drug-likeness (QED) is 0.580. The topological polar surface area (TPSA) is 65.9 Å². The van der Waals surface area contributed by atoms with E-state index in [0.717, 1.165) is 0 Å². The molecule has 1 aromatic rings. The van der Waals surface area contributed by atoms with E-state index in [0.29, 0.717) is 5.69 Å². The summed E-state index contributed by atoms with van der Waals surface area (Å²) in [5.41, 5.74) is 0.474. The average Bonchev–Trinajstić information content (AvgIpc) is 1.98. The van der Waals surface area contributed by atoms with Crippen molar-refractivity contribution in [2.45, 2.75) is 12.7 Å². The van der Waals surface area contributed by atoms with Crippen molar-refractivity contribution in [2.24, 2.45) is 0 Å². The zero-order valence-corrected chi connectivity index (χ0v) is 8.91. The Morgan fingerprint density at radius 3 is 2.54 bits per heavy atom. The van der Waals surface area contributed by atoms with E-state index in [1.54, 1.807) is 6.92 Å². The van der Waals surface area contributed by atoms with Gasteiger partial charge in [-0.25, -0.2) is 9.97 Å². The van der Waals surface area contributed by atoms with Crippen LogP contribution in [0.1, 0.15) is 11.5 Å². The molecule has 7 heteroatoms. The van der Waals surface area contributed by atoms with Crippen LogP contribution in [0.2, 0.25) is 10.2 Å². The molecule has 1 atom stereocenters. The van der Waals surface area contributed by atoms with Crippen molar-refractivity contribution < 1.29 is 8.76 Å². The standard InChI is InChI=1S/C6H6Cl2N2O2S/c1-3-5(7)6(8)10-4(9-3)2-13(11)12/h2H2,1H3,(H,11,12)/p-1. The third-order valence-corrected chi connectivity index (χ3v) is 2.59. The Kier molecular flexibility index (Phi) is 3.61. The lowest BCUT2D eigenvalue weighted by atomic mass is 10.4. The largest absolute Gasteiger partial charge is 0.772 e. The Balaban J connectivity index is 3.06. The summed E-state index contributed by atoms with van der Waals surface area (Å²) >= 11 is 9.08. The van der Waals surface area contributed by atoms with Crippen LogP contribution in [0.15, 0.2) is 0 Å². The van der Waals surface area contributed by atoms with Crippen molar-refractivity contribution in [2.75, 3.05) is 0 Å². The van der Waals surface area contributed by atoms with Crippen LogP contribution in [0.3, 0.4) is 0 Å². The van der Waals surface area contributed by atoms with Crippen LogP contribution in [0.4, 0.5) is 0 Å². The van der Waals surface area contributed by atoms with Crippen molar-refractivity contribution in [3.63, 3.8) is 0 Å². The molecule has 1 aromatic heterocycles. The second-order valence-electron chi connectivity index (χ2n) is 2.28. The van der Waals surface area contributed by atoms with Crippen LogP contribution in [-0.2, 0) is 16.8 Å². The second-order valence-corrected chi connectivity index (χ2v) is 3.91. The molecule has 13 heavy (non-hydrogen) atoms. The second kappa shape index (κ2) is 4.32. The third kappa shape index (κ3) is 2.87. The zero-order valence-electron chi connectivity index (χ0n) is 6.58. The van der Waals surface area contributed by atoms with Gasteiger partial charge in [0, 0.05) is 0 Å². The number of halogens is 2. The molecule has 0 bridgehead atoms. The number of hydrogen-bond acceptors (Lipinski definition) is 4. The summed E-state index contributed by atoms with van der Waals surface area (Å²) < 4.78 is 20.6. The van der Waals surface area contributed by atoms with Gasteiger partial charge in [0.05, 0.1) is 16.5 Å². The Labute approximate surface area is 87.6 Å². The summed E-state index contributed by atoms with van der Waals surface area (Å²) in [6.07, 6.45) is 0. The lowest BCUT2D eigenvalue weighted by Crippen LogP contribution is -2.02. The highest BCUT2D eigenvalue weighted by atomic mass is 35.5. The SMILES string of the molecule is Cc1nc(CS(=O)[O-])nc(Cl)c1Cl. The smallest absolute Gasteiger partial charge is 0.151 e. The van der Waals surface area contributed by atoms with Gasteiger partial charge in [0.2, 0.25) is 0 Å². The molecule has 1 heterocycles. The van der Waals surface area contributed by atoms with E-state index in [1.807, 2.05) is 0 Å². The van der Waals surface area contributed by atoms with Crippen molar-refractivity contribution in [1.29, 1.82) is 0 Å². The summed E-state index contributed by atoms with van der Waals surface area (Å²) in [5.74, 6) is -0.0993. The highest BCUT2D eigenvalue weighted by Gasteiger charge is 2.07. The maximum atomic E-state index is 10.3. The Hall–Kier alpha value is -0.230. The number of hydrogen-bond donors (Lipinski definition) is 0. The Bertz CT molecular complexity index is 335. The fourth-order valence-corrected chi connectivity index (χ4v) is 1.41. The number of nitrogens with zero attached hydrogens (tertiary/aromatic N) is 2. The van der Waals surface area contributed by atoms with Crippen molar-refractivity contribution in [3.05, 3.63) is 21.7 Å². The first kappa shape index (κ1) is 10.8. The van der Waals surface area contributed by atoms with Gasteiger partial charge < -0.3 is 4.55 Å². The molecule has 0 saturated heterocycles. The first-order valence-electron chi connectivity index (χ1n) is 3.25. The molecule has 0 spiro atoms. The van der Waals surface area contributed by atoms with E-state index >= 15 is 0 Å². The van der Waals surface area contributed by atoms with E-state index < -0.39 is 11.1 Å². The number of rotatable bonds is 2. The van der Waals surface area contributed by atoms with Crippen molar-refractivity contribution >= 4 is 34.3 Å². The van der Waals surface area contributed by atoms with Crippen LogP contribution in [0, 0.1) is 6.92 Å². The molecular formula is C6H5Cl2N2O2S-. The fraction of sp³-hybridized carbons (Fsp3) is 0.333. The summed E-state index contributed by atoms with van der Waals surface area (Å²) in [6, 6.07) is 0. The molecule has 1 rings (SSSR count). The van der Waals surface area contributed by atoms with Gasteiger partial charge in [0.25, 0.3) is 0 Å². The van der Waals surface area contributed by atoms with E-state index in [1.165, 1.54) is 0 Å². The van der Waals surface area contributed by atoms with Gasteiger partial charge in [0.15, 0.2) is 5.15 Å². The number of aryl methyl sites for hydroxylation is 1. The fourth-order valence-electron chi connectivity index (χ4n) is 0.749. The monoisotopic (exact) mass is 239 g/mol. The molecule has 0 aromatic carbocycles. The molecule has 72 valence electrons. The van der Waals surface area contributed by atoms with Crippen LogP contribution in [0.25, 0.3) is 0 Å². The van der Waals surface area contributed by atoms with Gasteiger partial charge in [-0.2, -0.15) is 0 Å². The normalized spacial score (nSPS) is 12.9. The van der Waals surface area contributed by atoms with Crippen LogP contribution in [-0.4, -0.2) is 18.7 Å². The van der Waals surface area contributed by atoms with Crippen LogP contribution >= 0.6 is 23.2 Å². The molecule has 0 amide bonds. The van der Waals surface area contributed by atoms with Gasteiger partial charge in [0.1, 0.15) is 5.82 Å². The molecule has 0 aliphatic carbocycles. The molecule has 0 saturated carbocycles. The van der Waals surface area contributed by atoms with Gasteiger partial charge in [-0.15, -0.1) is 0 Å². The number of aromatic nitrogens is 2. The van der Waals surface area contributed by atoms with Crippen LogP contribution < -0.4 is 0 Å². The summed E-state index contributed by atoms with van der Waals surface area (Å²) in [7, 11) is 0.